The molecule has 0 aliphatic heterocycles. The number of carbonyl (C=O) groups is 1. The summed E-state index contributed by atoms with van der Waals surface area (Å²) >= 11 is 0. The van der Waals surface area contributed by atoms with Crippen molar-refractivity contribution in [2.45, 2.75) is 31.9 Å². The van der Waals surface area contributed by atoms with E-state index in [1.165, 1.54) is 13.0 Å². The Balaban J connectivity index is 2.02. The molecule has 6 heteroatoms. The predicted molar refractivity (Wildman–Crippen MR) is 90.1 cm³/mol. The van der Waals surface area contributed by atoms with Gasteiger partial charge in [-0.3, -0.25) is 4.79 Å². The Morgan fingerprint density at radius 2 is 1.88 bits per heavy atom. The smallest absolute Gasteiger partial charge is 0.261 e. The predicted octanol–water partition coefficient (Wildman–Crippen LogP) is 3.36. The van der Waals surface area contributed by atoms with Gasteiger partial charge < -0.3 is 15.2 Å². The molecule has 2 aromatic rings. The first-order valence-electron chi connectivity index (χ1n) is 8.09. The van der Waals surface area contributed by atoms with E-state index in [1.807, 2.05) is 30.3 Å². The lowest BCUT2D eigenvalue weighted by Gasteiger charge is -2.22. The summed E-state index contributed by atoms with van der Waals surface area (Å²) < 4.78 is 31.5. The summed E-state index contributed by atoms with van der Waals surface area (Å²) in [6, 6.07) is 12.3. The van der Waals surface area contributed by atoms with Crippen LogP contribution in [0.5, 0.6) is 5.75 Å². The van der Waals surface area contributed by atoms with E-state index in [0.29, 0.717) is 12.8 Å². The third-order valence-corrected chi connectivity index (χ3v) is 3.74. The highest BCUT2D eigenvalue weighted by atomic mass is 19.2. The molecule has 0 saturated carbocycles. The van der Waals surface area contributed by atoms with Crippen LogP contribution in [0.4, 0.5) is 8.78 Å². The molecule has 0 spiro atoms. The quantitative estimate of drug-likeness (QED) is 0.768. The molecule has 0 aliphatic rings. The first-order valence-corrected chi connectivity index (χ1v) is 8.09. The summed E-state index contributed by atoms with van der Waals surface area (Å²) in [4.78, 5) is 12.4. The third kappa shape index (κ3) is 5.53. The number of carbonyl (C=O) groups excluding carboxylic acids is 1. The average Bonchev–Trinajstić information content (AvgIpc) is 2.62. The van der Waals surface area contributed by atoms with Crippen molar-refractivity contribution in [3.05, 3.63) is 65.7 Å². The summed E-state index contributed by atoms with van der Waals surface area (Å²) in [5.41, 5.74) is 0.921. The average molecular weight is 349 g/mol. The van der Waals surface area contributed by atoms with E-state index in [0.717, 1.165) is 17.7 Å². The van der Waals surface area contributed by atoms with Crippen LogP contribution in [0.2, 0.25) is 0 Å². The van der Waals surface area contributed by atoms with Gasteiger partial charge in [0.2, 0.25) is 0 Å². The number of ether oxygens (including phenoxy) is 1. The molecule has 0 aliphatic carbocycles. The molecule has 0 aromatic heterocycles. The van der Waals surface area contributed by atoms with E-state index in [2.05, 4.69) is 5.32 Å². The number of aliphatic hydroxyl groups is 1. The van der Waals surface area contributed by atoms with Crippen LogP contribution in [-0.4, -0.2) is 23.7 Å². The van der Waals surface area contributed by atoms with Crippen molar-refractivity contribution in [2.24, 2.45) is 0 Å². The zero-order chi connectivity index (χ0) is 18.2. The van der Waals surface area contributed by atoms with Crippen LogP contribution < -0.4 is 10.1 Å². The molecule has 2 aromatic carbocycles. The van der Waals surface area contributed by atoms with Gasteiger partial charge in [0.05, 0.1) is 6.04 Å². The van der Waals surface area contributed by atoms with Crippen LogP contribution in [-0.2, 0) is 4.79 Å². The van der Waals surface area contributed by atoms with Gasteiger partial charge in [0.1, 0.15) is 5.75 Å². The number of aliphatic hydroxyl groups excluding tert-OH is 1. The van der Waals surface area contributed by atoms with Crippen LogP contribution in [0.3, 0.4) is 0 Å². The number of amides is 1. The van der Waals surface area contributed by atoms with E-state index < -0.39 is 17.7 Å². The van der Waals surface area contributed by atoms with Crippen molar-refractivity contribution in [3.63, 3.8) is 0 Å². The van der Waals surface area contributed by atoms with Crippen molar-refractivity contribution in [1.82, 2.24) is 5.32 Å². The monoisotopic (exact) mass is 349 g/mol. The Kier molecular flexibility index (Phi) is 6.89. The molecule has 0 fully saturated rings. The van der Waals surface area contributed by atoms with Gasteiger partial charge in [-0.2, -0.15) is 0 Å². The number of hydrogen-bond acceptors (Lipinski definition) is 3. The Hall–Kier alpha value is -2.47. The largest absolute Gasteiger partial charge is 0.481 e. The van der Waals surface area contributed by atoms with E-state index in [1.54, 1.807) is 0 Å². The second-order valence-electron chi connectivity index (χ2n) is 5.67. The first-order chi connectivity index (χ1) is 12.0. The van der Waals surface area contributed by atoms with Gasteiger partial charge in [0.15, 0.2) is 17.7 Å². The molecule has 134 valence electrons. The molecule has 1 amide bonds. The van der Waals surface area contributed by atoms with Crippen molar-refractivity contribution < 1.29 is 23.4 Å². The molecule has 2 rings (SSSR count). The SMILES string of the molecule is CC(Oc1ccc(F)c(F)c1)C(=O)NC(CCCO)c1ccccc1. The Morgan fingerprint density at radius 1 is 1.16 bits per heavy atom. The lowest BCUT2D eigenvalue weighted by molar-refractivity contribution is -0.128. The second kappa shape index (κ2) is 9.13. The zero-order valence-corrected chi connectivity index (χ0v) is 13.9. The topological polar surface area (TPSA) is 58.6 Å². The maximum atomic E-state index is 13.2. The van der Waals surface area contributed by atoms with Gasteiger partial charge >= 0.3 is 0 Å². The van der Waals surface area contributed by atoms with Gasteiger partial charge in [0, 0.05) is 12.7 Å². The number of halogens is 2. The highest BCUT2D eigenvalue weighted by Crippen LogP contribution is 2.20. The first kappa shape index (κ1) is 18.9. The molecule has 2 atom stereocenters. The number of hydrogen-bond donors (Lipinski definition) is 2. The van der Waals surface area contributed by atoms with Gasteiger partial charge in [-0.05, 0) is 37.5 Å². The Bertz CT molecular complexity index is 694. The molecule has 2 unspecified atom stereocenters. The summed E-state index contributed by atoms with van der Waals surface area (Å²) in [5, 5.41) is 11.9. The molecule has 25 heavy (non-hydrogen) atoms. The zero-order valence-electron chi connectivity index (χ0n) is 13.9. The molecule has 0 heterocycles. The summed E-state index contributed by atoms with van der Waals surface area (Å²) in [6.45, 7) is 1.56. The van der Waals surface area contributed by atoms with Gasteiger partial charge in [0.25, 0.3) is 5.91 Å². The third-order valence-electron chi connectivity index (χ3n) is 3.74. The Morgan fingerprint density at radius 3 is 2.52 bits per heavy atom. The number of benzene rings is 2. The molecule has 2 N–H and O–H groups in total. The normalized spacial score (nSPS) is 13.1. The lowest BCUT2D eigenvalue weighted by Crippen LogP contribution is -2.38. The Labute approximate surface area is 145 Å². The molecular weight excluding hydrogens is 328 g/mol. The minimum Gasteiger partial charge on any atom is -0.481 e. The highest BCUT2D eigenvalue weighted by Gasteiger charge is 2.20. The molecular formula is C19H21F2NO3. The van der Waals surface area contributed by atoms with E-state index in [-0.39, 0.29) is 24.3 Å². The van der Waals surface area contributed by atoms with Crippen LogP contribution in [0.15, 0.2) is 48.5 Å². The highest BCUT2D eigenvalue weighted by molar-refractivity contribution is 5.81. The fourth-order valence-electron chi connectivity index (χ4n) is 2.40. The number of nitrogens with one attached hydrogen (secondary N) is 1. The van der Waals surface area contributed by atoms with E-state index in [4.69, 9.17) is 9.84 Å². The molecule has 4 nitrogen and oxygen atoms in total. The van der Waals surface area contributed by atoms with Gasteiger partial charge in [-0.15, -0.1) is 0 Å². The molecule has 0 radical (unpaired) electrons. The number of rotatable bonds is 8. The van der Waals surface area contributed by atoms with Crippen LogP contribution in [0.25, 0.3) is 0 Å². The minimum absolute atomic E-state index is 0.0279. The van der Waals surface area contributed by atoms with E-state index >= 15 is 0 Å². The minimum atomic E-state index is -1.03. The standard InChI is InChI=1S/C19H21F2NO3/c1-13(25-15-9-10-16(20)17(21)12-15)19(24)22-18(8-5-11-23)14-6-3-2-4-7-14/h2-4,6-7,9-10,12-13,18,23H,5,8,11H2,1H3,(H,22,24). The van der Waals surface area contributed by atoms with Crippen LogP contribution >= 0.6 is 0 Å². The van der Waals surface area contributed by atoms with E-state index in [9.17, 15) is 13.6 Å². The summed E-state index contributed by atoms with van der Waals surface area (Å²) in [6.07, 6.45) is 0.229. The van der Waals surface area contributed by atoms with Crippen LogP contribution in [0, 0.1) is 11.6 Å². The molecule has 0 bridgehead atoms. The molecule has 0 saturated heterocycles. The van der Waals surface area contributed by atoms with Crippen molar-refractivity contribution in [2.75, 3.05) is 6.61 Å². The van der Waals surface area contributed by atoms with Gasteiger partial charge in [-0.1, -0.05) is 30.3 Å². The van der Waals surface area contributed by atoms with Crippen molar-refractivity contribution in [3.8, 4) is 5.75 Å². The van der Waals surface area contributed by atoms with Crippen molar-refractivity contribution >= 4 is 5.91 Å². The maximum absolute atomic E-state index is 13.2. The van der Waals surface area contributed by atoms with Gasteiger partial charge in [-0.25, -0.2) is 8.78 Å². The second-order valence-corrected chi connectivity index (χ2v) is 5.67. The van der Waals surface area contributed by atoms with Crippen molar-refractivity contribution in [1.29, 1.82) is 0 Å². The summed E-state index contributed by atoms with van der Waals surface area (Å²) in [5.74, 6) is -2.31. The maximum Gasteiger partial charge on any atom is 0.261 e. The summed E-state index contributed by atoms with van der Waals surface area (Å²) in [7, 11) is 0. The van der Waals surface area contributed by atoms with Crippen LogP contribution in [0.1, 0.15) is 31.4 Å². The fourth-order valence-corrected chi connectivity index (χ4v) is 2.40. The fraction of sp³-hybridized carbons (Fsp3) is 0.316. The lowest BCUT2D eigenvalue weighted by atomic mass is 10.0.